The average molecular weight is 267 g/mol. The van der Waals surface area contributed by atoms with Gasteiger partial charge in [0.15, 0.2) is 5.16 Å². The zero-order valence-electron chi connectivity index (χ0n) is 10.3. The van der Waals surface area contributed by atoms with E-state index >= 15 is 0 Å². The Kier molecular flexibility index (Phi) is 4.44. The fraction of sp³-hybridized carbons (Fsp3) is 0.727. The first-order valence-corrected chi connectivity index (χ1v) is 7.16. The van der Waals surface area contributed by atoms with Crippen LogP contribution >= 0.6 is 11.8 Å². The molecule has 0 spiro atoms. The molecule has 0 radical (unpaired) electrons. The molecule has 18 heavy (non-hydrogen) atoms. The van der Waals surface area contributed by atoms with E-state index in [9.17, 15) is 4.79 Å². The van der Waals surface area contributed by atoms with Crippen LogP contribution in [-0.2, 0) is 6.54 Å². The number of nitrogens with zero attached hydrogens (tertiary/aromatic N) is 3. The van der Waals surface area contributed by atoms with Crippen LogP contribution < -0.4 is 11.0 Å². The van der Waals surface area contributed by atoms with Crippen molar-refractivity contribution in [2.75, 3.05) is 5.75 Å². The minimum absolute atomic E-state index is 0.0919. The minimum atomic E-state index is -0.173. The third kappa shape index (κ3) is 3.37. The van der Waals surface area contributed by atoms with Crippen LogP contribution in [-0.4, -0.2) is 32.6 Å². The largest absolute Gasteiger partial charge is 0.343 e. The van der Waals surface area contributed by atoms with Gasteiger partial charge in [-0.05, 0) is 26.2 Å². The second-order valence-electron chi connectivity index (χ2n) is 4.32. The van der Waals surface area contributed by atoms with Gasteiger partial charge in [0.05, 0.1) is 12.1 Å². The standard InChI is InChI=1S/C11H17N5OS/c1-2-16-10(17)14-15-11(16)18-6-5-9(7-12)13-8-3-4-8/h8-9,13H,2-6H2,1H3,(H,14,17). The molecule has 0 saturated heterocycles. The van der Waals surface area contributed by atoms with Gasteiger partial charge in [0.2, 0.25) is 0 Å². The van der Waals surface area contributed by atoms with Crippen molar-refractivity contribution in [3.05, 3.63) is 10.5 Å². The van der Waals surface area contributed by atoms with Crippen LogP contribution in [0.25, 0.3) is 0 Å². The molecule has 1 aliphatic carbocycles. The summed E-state index contributed by atoms with van der Waals surface area (Å²) >= 11 is 1.51. The van der Waals surface area contributed by atoms with Crippen LogP contribution in [0.5, 0.6) is 0 Å². The first-order valence-electron chi connectivity index (χ1n) is 6.18. The van der Waals surface area contributed by atoms with Crippen molar-refractivity contribution in [3.63, 3.8) is 0 Å². The van der Waals surface area contributed by atoms with Crippen molar-refractivity contribution in [2.24, 2.45) is 0 Å². The minimum Gasteiger partial charge on any atom is -0.299 e. The second-order valence-corrected chi connectivity index (χ2v) is 5.38. The Morgan fingerprint density at radius 1 is 1.72 bits per heavy atom. The molecule has 1 aromatic heterocycles. The number of rotatable bonds is 7. The van der Waals surface area contributed by atoms with Crippen molar-refractivity contribution < 1.29 is 0 Å². The second kappa shape index (κ2) is 6.07. The predicted molar refractivity (Wildman–Crippen MR) is 69.4 cm³/mol. The zero-order valence-corrected chi connectivity index (χ0v) is 11.2. The molecule has 2 N–H and O–H groups in total. The van der Waals surface area contributed by atoms with Crippen LogP contribution in [0, 0.1) is 11.3 Å². The molecule has 1 saturated carbocycles. The highest BCUT2D eigenvalue weighted by atomic mass is 32.2. The van der Waals surface area contributed by atoms with Crippen LogP contribution in [0.2, 0.25) is 0 Å². The third-order valence-electron chi connectivity index (χ3n) is 2.85. The van der Waals surface area contributed by atoms with Gasteiger partial charge < -0.3 is 0 Å². The van der Waals surface area contributed by atoms with E-state index in [1.165, 1.54) is 24.6 Å². The number of nitrogens with one attached hydrogen (secondary N) is 2. The van der Waals surface area contributed by atoms with E-state index in [1.807, 2.05) is 6.92 Å². The number of hydrogen-bond donors (Lipinski definition) is 2. The Hall–Kier alpha value is -1.26. The molecule has 1 unspecified atom stereocenters. The fourth-order valence-electron chi connectivity index (χ4n) is 1.68. The zero-order chi connectivity index (χ0) is 13.0. The SMILES string of the molecule is CCn1c(SCCC(C#N)NC2CC2)n[nH]c1=O. The molecule has 2 rings (SSSR count). The summed E-state index contributed by atoms with van der Waals surface area (Å²) < 4.78 is 1.60. The van der Waals surface area contributed by atoms with Crippen molar-refractivity contribution in [1.29, 1.82) is 5.26 Å². The van der Waals surface area contributed by atoms with E-state index in [0.717, 1.165) is 12.2 Å². The van der Waals surface area contributed by atoms with Crippen LogP contribution in [0.15, 0.2) is 9.95 Å². The molecule has 0 aromatic carbocycles. The molecule has 6 nitrogen and oxygen atoms in total. The van der Waals surface area contributed by atoms with Gasteiger partial charge >= 0.3 is 5.69 Å². The summed E-state index contributed by atoms with van der Waals surface area (Å²) in [7, 11) is 0. The molecule has 1 aromatic rings. The summed E-state index contributed by atoms with van der Waals surface area (Å²) in [4.78, 5) is 11.3. The molecule has 1 aliphatic rings. The first-order chi connectivity index (χ1) is 8.74. The summed E-state index contributed by atoms with van der Waals surface area (Å²) in [6.45, 7) is 2.52. The number of H-pyrrole nitrogens is 1. The molecular formula is C11H17N5OS. The van der Waals surface area contributed by atoms with Crippen molar-refractivity contribution >= 4 is 11.8 Å². The van der Waals surface area contributed by atoms with Crippen molar-refractivity contribution in [2.45, 2.75) is 50.0 Å². The van der Waals surface area contributed by atoms with Crippen LogP contribution in [0.1, 0.15) is 26.2 Å². The normalized spacial score (nSPS) is 16.4. The van der Waals surface area contributed by atoms with Gasteiger partial charge in [-0.1, -0.05) is 11.8 Å². The smallest absolute Gasteiger partial charge is 0.299 e. The summed E-state index contributed by atoms with van der Waals surface area (Å²) in [5, 5.41) is 19.4. The van der Waals surface area contributed by atoms with Gasteiger partial charge in [-0.25, -0.2) is 9.89 Å². The summed E-state index contributed by atoms with van der Waals surface area (Å²) in [6.07, 6.45) is 3.13. The number of thioether (sulfide) groups is 1. The average Bonchev–Trinajstić information content (AvgIpc) is 3.12. The maximum Gasteiger partial charge on any atom is 0.343 e. The Bertz CT molecular complexity index is 484. The molecule has 0 amide bonds. The van der Waals surface area contributed by atoms with Gasteiger partial charge in [-0.2, -0.15) is 5.26 Å². The van der Waals surface area contributed by atoms with E-state index in [0.29, 0.717) is 17.7 Å². The molecule has 1 fully saturated rings. The summed E-state index contributed by atoms with van der Waals surface area (Å²) in [5.41, 5.74) is -0.173. The molecular weight excluding hydrogens is 250 g/mol. The highest BCUT2D eigenvalue weighted by Crippen LogP contribution is 2.21. The molecule has 1 heterocycles. The Balaban J connectivity index is 1.80. The lowest BCUT2D eigenvalue weighted by Gasteiger charge is -2.09. The summed E-state index contributed by atoms with van der Waals surface area (Å²) in [6, 6.07) is 2.72. The Labute approximate surface area is 110 Å². The van der Waals surface area contributed by atoms with Gasteiger partial charge in [0, 0.05) is 18.3 Å². The van der Waals surface area contributed by atoms with Gasteiger partial charge in [0.1, 0.15) is 0 Å². The van der Waals surface area contributed by atoms with Crippen molar-refractivity contribution in [1.82, 2.24) is 20.1 Å². The number of hydrogen-bond acceptors (Lipinski definition) is 5. The maximum absolute atomic E-state index is 11.3. The Morgan fingerprint density at radius 3 is 3.11 bits per heavy atom. The molecule has 98 valence electrons. The molecule has 7 heteroatoms. The Morgan fingerprint density at radius 2 is 2.50 bits per heavy atom. The lowest BCUT2D eigenvalue weighted by molar-refractivity contribution is 0.586. The maximum atomic E-state index is 11.3. The van der Waals surface area contributed by atoms with Crippen LogP contribution in [0.3, 0.4) is 0 Å². The van der Waals surface area contributed by atoms with E-state index < -0.39 is 0 Å². The highest BCUT2D eigenvalue weighted by molar-refractivity contribution is 7.99. The highest BCUT2D eigenvalue weighted by Gasteiger charge is 2.24. The topological polar surface area (TPSA) is 86.5 Å². The van der Waals surface area contributed by atoms with Gasteiger partial charge in [0.25, 0.3) is 0 Å². The predicted octanol–water partition coefficient (Wildman–Crippen LogP) is 0.718. The lowest BCUT2D eigenvalue weighted by Crippen LogP contribution is -2.30. The van der Waals surface area contributed by atoms with Gasteiger partial charge in [-0.3, -0.25) is 9.88 Å². The quantitative estimate of drug-likeness (QED) is 0.711. The third-order valence-corrected chi connectivity index (χ3v) is 3.86. The number of aromatic nitrogens is 3. The summed E-state index contributed by atoms with van der Waals surface area (Å²) in [5.74, 6) is 0.780. The molecule has 1 atom stereocenters. The van der Waals surface area contributed by atoms with E-state index in [-0.39, 0.29) is 11.7 Å². The first kappa shape index (κ1) is 13.2. The monoisotopic (exact) mass is 267 g/mol. The lowest BCUT2D eigenvalue weighted by atomic mass is 10.2. The number of nitriles is 1. The molecule has 0 bridgehead atoms. The molecule has 0 aliphatic heterocycles. The fourth-order valence-corrected chi connectivity index (χ4v) is 2.69. The van der Waals surface area contributed by atoms with E-state index in [4.69, 9.17) is 5.26 Å². The van der Waals surface area contributed by atoms with E-state index in [1.54, 1.807) is 4.57 Å². The van der Waals surface area contributed by atoms with Crippen molar-refractivity contribution in [3.8, 4) is 6.07 Å². The van der Waals surface area contributed by atoms with Crippen LogP contribution in [0.4, 0.5) is 0 Å². The van der Waals surface area contributed by atoms with E-state index in [2.05, 4.69) is 21.6 Å². The van der Waals surface area contributed by atoms with Gasteiger partial charge in [-0.15, -0.1) is 5.10 Å². The number of aromatic amines is 1.